The van der Waals surface area contributed by atoms with Crippen molar-refractivity contribution in [1.82, 2.24) is 5.32 Å². The second kappa shape index (κ2) is 7.87. The van der Waals surface area contributed by atoms with Crippen molar-refractivity contribution < 1.29 is 19.2 Å². The van der Waals surface area contributed by atoms with Crippen molar-refractivity contribution in [1.29, 1.82) is 5.26 Å². The van der Waals surface area contributed by atoms with Gasteiger partial charge in [-0.1, -0.05) is 17.7 Å². The van der Waals surface area contributed by atoms with Gasteiger partial charge in [0.05, 0.1) is 28.1 Å². The number of benzene rings is 1. The van der Waals surface area contributed by atoms with Crippen LogP contribution in [0.5, 0.6) is 0 Å². The molecule has 3 aliphatic heterocycles. The molecule has 0 radical (unpaired) electrons. The second-order valence-corrected chi connectivity index (χ2v) is 11.4. The summed E-state index contributed by atoms with van der Waals surface area (Å²) in [7, 11) is 0. The lowest BCUT2D eigenvalue weighted by molar-refractivity contribution is -0.130. The van der Waals surface area contributed by atoms with Crippen molar-refractivity contribution in [3.05, 3.63) is 44.3 Å². The van der Waals surface area contributed by atoms with Gasteiger partial charge in [0.2, 0.25) is 23.6 Å². The van der Waals surface area contributed by atoms with Gasteiger partial charge in [-0.3, -0.25) is 24.5 Å². The smallest absolute Gasteiger partial charge is 0.250 e. The largest absolute Gasteiger partial charge is 0.370 e. The highest BCUT2D eigenvalue weighted by atomic mass is 35.5. The van der Waals surface area contributed by atoms with Crippen LogP contribution in [0.4, 0.5) is 10.7 Å². The van der Waals surface area contributed by atoms with Crippen LogP contribution in [-0.2, 0) is 37.6 Å². The Labute approximate surface area is 215 Å². The van der Waals surface area contributed by atoms with E-state index in [0.717, 1.165) is 46.6 Å². The zero-order valence-electron chi connectivity index (χ0n) is 19.3. The molecule has 11 heteroatoms. The van der Waals surface area contributed by atoms with E-state index in [1.807, 2.05) is 6.92 Å². The minimum atomic E-state index is -1.60. The minimum Gasteiger partial charge on any atom is -0.370 e. The van der Waals surface area contributed by atoms with Gasteiger partial charge in [0.1, 0.15) is 16.6 Å². The fourth-order valence-electron chi connectivity index (χ4n) is 6.41. The standard InChI is InChI=1S/C25H22ClN5O4S/c1-10-6-13-20(14(26)7-10)29-24(35)25(13)19-18(15(30-25)8-17(28)32)21(33)31(22(19)34)23-12(9-27)11-4-2-3-5-16(11)36-23/h6-7,15,18-19,30H,2-5,8H2,1H3,(H2,28,32)(H,29,35)/t15-,18-,19+,25-/m1/s1. The number of imide groups is 1. The molecule has 1 spiro atoms. The van der Waals surface area contributed by atoms with Crippen molar-refractivity contribution in [2.75, 3.05) is 10.2 Å². The first kappa shape index (κ1) is 23.2. The normalized spacial score (nSPS) is 28.2. The molecule has 9 nitrogen and oxygen atoms in total. The molecule has 2 fully saturated rings. The Balaban J connectivity index is 1.54. The Hall–Kier alpha value is -3.26. The molecule has 4 amide bonds. The number of thiophene rings is 1. The van der Waals surface area contributed by atoms with Crippen LogP contribution in [-0.4, -0.2) is 29.7 Å². The Bertz CT molecular complexity index is 1440. The van der Waals surface area contributed by atoms with Gasteiger partial charge in [0.25, 0.3) is 0 Å². The summed E-state index contributed by atoms with van der Waals surface area (Å²) < 4.78 is 0. The van der Waals surface area contributed by atoms with Crippen LogP contribution in [0.1, 0.15) is 46.4 Å². The van der Waals surface area contributed by atoms with Gasteiger partial charge in [-0.2, -0.15) is 5.26 Å². The number of carbonyl (C=O) groups excluding carboxylic acids is 4. The van der Waals surface area contributed by atoms with E-state index in [1.165, 1.54) is 11.3 Å². The lowest BCUT2D eigenvalue weighted by Gasteiger charge is -2.29. The number of nitrogens with one attached hydrogen (secondary N) is 2. The van der Waals surface area contributed by atoms with Crippen LogP contribution in [0.2, 0.25) is 5.02 Å². The summed E-state index contributed by atoms with van der Waals surface area (Å²) in [6, 6.07) is 4.84. The van der Waals surface area contributed by atoms with Crippen molar-refractivity contribution >= 4 is 57.3 Å². The number of carbonyl (C=O) groups is 4. The number of nitrogens with two attached hydrogens (primary N) is 1. The van der Waals surface area contributed by atoms with E-state index in [-0.39, 0.29) is 6.42 Å². The second-order valence-electron chi connectivity index (χ2n) is 9.87. The summed E-state index contributed by atoms with van der Waals surface area (Å²) in [5.74, 6) is -4.41. The SMILES string of the molecule is Cc1cc(Cl)c2c(c1)[C@]1(N[C@H](CC(N)=O)[C@H]3C(=O)N(c4sc5c(c4C#N)CCCC5)C(=O)[C@H]31)C(=O)N2. The van der Waals surface area contributed by atoms with E-state index in [0.29, 0.717) is 26.8 Å². The molecule has 4 aliphatic rings. The maximum atomic E-state index is 14.1. The molecular formula is C25H22ClN5O4S. The molecule has 4 heterocycles. The Morgan fingerprint density at radius 2 is 2.03 bits per heavy atom. The first-order chi connectivity index (χ1) is 17.2. The average Bonchev–Trinajstić information content (AvgIpc) is 3.50. The van der Waals surface area contributed by atoms with E-state index in [2.05, 4.69) is 16.7 Å². The highest BCUT2D eigenvalue weighted by molar-refractivity contribution is 7.17. The quantitative estimate of drug-likeness (QED) is 0.526. The maximum absolute atomic E-state index is 14.1. The van der Waals surface area contributed by atoms with Crippen LogP contribution in [0.3, 0.4) is 0 Å². The summed E-state index contributed by atoms with van der Waals surface area (Å²) >= 11 is 7.73. The molecular weight excluding hydrogens is 502 g/mol. The number of primary amides is 1. The monoisotopic (exact) mass is 523 g/mol. The van der Waals surface area contributed by atoms with Crippen molar-refractivity contribution in [3.8, 4) is 6.07 Å². The zero-order chi connectivity index (χ0) is 25.5. The number of anilines is 2. The van der Waals surface area contributed by atoms with Crippen molar-refractivity contribution in [3.63, 3.8) is 0 Å². The van der Waals surface area contributed by atoms with E-state index in [9.17, 15) is 24.4 Å². The summed E-state index contributed by atoms with van der Waals surface area (Å²) in [6.45, 7) is 1.82. The van der Waals surface area contributed by atoms with Crippen molar-refractivity contribution in [2.24, 2.45) is 17.6 Å². The van der Waals surface area contributed by atoms with Gasteiger partial charge >= 0.3 is 0 Å². The van der Waals surface area contributed by atoms with Crippen LogP contribution in [0.15, 0.2) is 12.1 Å². The Kier molecular flexibility index (Phi) is 5.06. The number of aryl methyl sites for hydroxylation is 2. The van der Waals surface area contributed by atoms with E-state index >= 15 is 0 Å². The van der Waals surface area contributed by atoms with Crippen LogP contribution in [0.25, 0.3) is 0 Å². The first-order valence-corrected chi connectivity index (χ1v) is 13.0. The van der Waals surface area contributed by atoms with Gasteiger partial charge in [0, 0.05) is 22.9 Å². The number of hydrogen-bond donors (Lipinski definition) is 3. The number of hydrogen-bond acceptors (Lipinski definition) is 7. The lowest BCUT2D eigenvalue weighted by atomic mass is 9.76. The molecule has 4 N–H and O–H groups in total. The average molecular weight is 524 g/mol. The van der Waals surface area contributed by atoms with Gasteiger partial charge in [-0.05, 0) is 49.8 Å². The van der Waals surface area contributed by atoms with Gasteiger partial charge in [0.15, 0.2) is 0 Å². The zero-order valence-corrected chi connectivity index (χ0v) is 20.9. The minimum absolute atomic E-state index is 0.232. The Morgan fingerprint density at radius 3 is 2.75 bits per heavy atom. The highest BCUT2D eigenvalue weighted by Crippen LogP contribution is 2.56. The molecule has 0 bridgehead atoms. The number of nitriles is 1. The molecule has 2 saturated heterocycles. The predicted molar refractivity (Wildman–Crippen MR) is 132 cm³/mol. The molecule has 0 saturated carbocycles. The molecule has 36 heavy (non-hydrogen) atoms. The maximum Gasteiger partial charge on any atom is 0.250 e. The number of amides is 4. The van der Waals surface area contributed by atoms with Crippen LogP contribution in [0, 0.1) is 30.1 Å². The molecule has 1 aliphatic carbocycles. The lowest BCUT2D eigenvalue weighted by Crippen LogP contribution is -2.53. The van der Waals surface area contributed by atoms with Gasteiger partial charge in [-0.25, -0.2) is 4.90 Å². The molecule has 4 atom stereocenters. The summed E-state index contributed by atoms with van der Waals surface area (Å²) in [5.41, 5.74) is 6.77. The highest BCUT2D eigenvalue weighted by Gasteiger charge is 2.71. The number of halogens is 1. The third-order valence-corrected chi connectivity index (χ3v) is 9.38. The third kappa shape index (κ3) is 2.91. The van der Waals surface area contributed by atoms with Crippen LogP contribution < -0.4 is 21.3 Å². The molecule has 1 aromatic heterocycles. The van der Waals surface area contributed by atoms with Gasteiger partial charge < -0.3 is 11.1 Å². The molecule has 2 aromatic rings. The summed E-state index contributed by atoms with van der Waals surface area (Å²) in [4.78, 5) is 55.7. The molecule has 6 rings (SSSR count). The molecule has 1 aromatic carbocycles. The number of fused-ring (bicyclic) bond motifs is 5. The third-order valence-electron chi connectivity index (χ3n) is 7.81. The summed E-state index contributed by atoms with van der Waals surface area (Å²) in [6.07, 6.45) is 3.21. The van der Waals surface area contributed by atoms with E-state index < -0.39 is 47.0 Å². The molecule has 184 valence electrons. The first-order valence-electron chi connectivity index (χ1n) is 11.8. The van der Waals surface area contributed by atoms with Gasteiger partial charge in [-0.15, -0.1) is 11.3 Å². The molecule has 0 unspecified atom stereocenters. The fraction of sp³-hybridized carbons (Fsp3) is 0.400. The summed E-state index contributed by atoms with van der Waals surface area (Å²) in [5, 5.41) is 16.5. The van der Waals surface area contributed by atoms with E-state index in [1.54, 1.807) is 12.1 Å². The van der Waals surface area contributed by atoms with Crippen LogP contribution >= 0.6 is 22.9 Å². The number of rotatable bonds is 3. The Morgan fingerprint density at radius 1 is 1.28 bits per heavy atom. The van der Waals surface area contributed by atoms with E-state index in [4.69, 9.17) is 17.3 Å². The van der Waals surface area contributed by atoms with Crippen molar-refractivity contribution in [2.45, 2.75) is 50.6 Å². The topological polar surface area (TPSA) is 145 Å². The number of nitrogens with zero attached hydrogens (tertiary/aromatic N) is 2. The fourth-order valence-corrected chi connectivity index (χ4v) is 8.08. The predicted octanol–water partition coefficient (Wildman–Crippen LogP) is 2.26.